The van der Waals surface area contributed by atoms with Gasteiger partial charge in [-0.2, -0.15) is 0 Å². The largest absolute Gasteiger partial charge is 0.492 e. The lowest BCUT2D eigenvalue weighted by Gasteiger charge is -2.30. The molecule has 2 rings (SSSR count). The summed E-state index contributed by atoms with van der Waals surface area (Å²) >= 11 is 6.14. The second kappa shape index (κ2) is 8.25. The van der Waals surface area contributed by atoms with Crippen LogP contribution in [0.1, 0.15) is 37.8 Å². The highest BCUT2D eigenvalue weighted by Gasteiger charge is 2.26. The van der Waals surface area contributed by atoms with E-state index in [-0.39, 0.29) is 18.7 Å². The quantitative estimate of drug-likeness (QED) is 0.845. The van der Waals surface area contributed by atoms with Gasteiger partial charge in [-0.25, -0.2) is 4.79 Å². The number of hydrogen-bond donors (Lipinski definition) is 2. The number of benzene rings is 1. The molecule has 0 radical (unpaired) electrons. The smallest absolute Gasteiger partial charge is 0.317 e. The van der Waals surface area contributed by atoms with Crippen LogP contribution in [0.25, 0.3) is 0 Å². The molecule has 1 aromatic rings. The summed E-state index contributed by atoms with van der Waals surface area (Å²) in [6.45, 7) is 3.56. The van der Waals surface area contributed by atoms with E-state index in [2.05, 4.69) is 12.2 Å². The van der Waals surface area contributed by atoms with Crippen LogP contribution in [0.3, 0.4) is 0 Å². The van der Waals surface area contributed by atoms with Gasteiger partial charge in [0.05, 0.1) is 24.3 Å². The van der Waals surface area contributed by atoms with Gasteiger partial charge in [-0.1, -0.05) is 37.1 Å². The van der Waals surface area contributed by atoms with Gasteiger partial charge in [-0.3, -0.25) is 0 Å². The molecule has 1 aromatic carbocycles. The predicted octanol–water partition coefficient (Wildman–Crippen LogP) is 2.97. The summed E-state index contributed by atoms with van der Waals surface area (Å²) in [4.78, 5) is 14.1. The Bertz CT molecular complexity index is 510. The first kappa shape index (κ1) is 16.9. The summed E-state index contributed by atoms with van der Waals surface area (Å²) in [5.74, 6) is 0.656. The lowest BCUT2D eigenvalue weighted by Crippen LogP contribution is -2.44. The number of aliphatic hydroxyl groups excluding tert-OH is 1. The Morgan fingerprint density at radius 2 is 2.32 bits per heavy atom. The Labute approximate surface area is 136 Å². The van der Waals surface area contributed by atoms with Gasteiger partial charge in [-0.15, -0.1) is 0 Å². The van der Waals surface area contributed by atoms with Crippen LogP contribution in [0.15, 0.2) is 18.2 Å². The zero-order chi connectivity index (χ0) is 15.9. The summed E-state index contributed by atoms with van der Waals surface area (Å²) in [5, 5.41) is 12.7. The number of ether oxygens (including phenoxy) is 1. The van der Waals surface area contributed by atoms with E-state index in [1.54, 1.807) is 11.0 Å². The number of halogens is 1. The molecule has 2 N–H and O–H groups in total. The number of aliphatic hydroxyl groups is 1. The Kier molecular flexibility index (Phi) is 6.34. The number of carbonyl (C=O) groups excluding carboxylic acids is 1. The normalized spacial score (nSPS) is 16.6. The maximum Gasteiger partial charge on any atom is 0.317 e. The molecule has 5 nitrogen and oxygen atoms in total. The fourth-order valence-electron chi connectivity index (χ4n) is 2.56. The molecule has 1 aliphatic rings. The van der Waals surface area contributed by atoms with Crippen molar-refractivity contribution < 1.29 is 14.6 Å². The monoisotopic (exact) mass is 326 g/mol. The van der Waals surface area contributed by atoms with Gasteiger partial charge in [0, 0.05) is 25.1 Å². The van der Waals surface area contributed by atoms with E-state index in [0.29, 0.717) is 36.9 Å². The van der Waals surface area contributed by atoms with Gasteiger partial charge in [-0.05, 0) is 12.5 Å². The van der Waals surface area contributed by atoms with Crippen LogP contribution in [0.5, 0.6) is 5.75 Å². The molecule has 2 amide bonds. The van der Waals surface area contributed by atoms with E-state index in [4.69, 9.17) is 21.4 Å². The minimum Gasteiger partial charge on any atom is -0.492 e. The lowest BCUT2D eigenvalue weighted by molar-refractivity contribution is 0.168. The summed E-state index contributed by atoms with van der Waals surface area (Å²) in [6, 6.07) is 5.30. The number of hydrogen-bond acceptors (Lipinski definition) is 3. The van der Waals surface area contributed by atoms with Gasteiger partial charge >= 0.3 is 6.03 Å². The molecule has 0 fully saturated rings. The van der Waals surface area contributed by atoms with E-state index in [1.165, 1.54) is 0 Å². The van der Waals surface area contributed by atoms with Gasteiger partial charge in [0.25, 0.3) is 0 Å². The second-order valence-electron chi connectivity index (χ2n) is 5.36. The van der Waals surface area contributed by atoms with Gasteiger partial charge in [0.15, 0.2) is 0 Å². The van der Waals surface area contributed by atoms with E-state index in [1.807, 2.05) is 12.1 Å². The van der Waals surface area contributed by atoms with E-state index in [0.717, 1.165) is 18.4 Å². The third-order valence-corrected chi connectivity index (χ3v) is 4.06. The highest BCUT2D eigenvalue weighted by molar-refractivity contribution is 6.32. The second-order valence-corrected chi connectivity index (χ2v) is 5.77. The minimum absolute atomic E-state index is 0.0344. The Hall–Kier alpha value is -1.46. The third kappa shape index (κ3) is 4.05. The zero-order valence-corrected chi connectivity index (χ0v) is 13.6. The van der Waals surface area contributed by atoms with Crippen molar-refractivity contribution in [3.8, 4) is 5.75 Å². The van der Waals surface area contributed by atoms with Crippen LogP contribution >= 0.6 is 11.6 Å². The number of amides is 2. The molecule has 0 aromatic heterocycles. The highest BCUT2D eigenvalue weighted by Crippen LogP contribution is 2.37. The first-order valence-electron chi connectivity index (χ1n) is 7.74. The Balaban J connectivity index is 2.07. The molecule has 0 aliphatic carbocycles. The SMILES string of the molecule is CCCCN(CCO)C(=O)NC1CCOc2c(Cl)cccc21. The standard InChI is InChI=1S/C16H23ClN2O3/c1-2-3-8-19(9-10-20)16(21)18-14-7-11-22-15-12(14)5-4-6-13(15)17/h4-6,14,20H,2-3,7-11H2,1H3,(H,18,21). The number of fused-ring (bicyclic) bond motifs is 1. The summed E-state index contributed by atoms with van der Waals surface area (Å²) < 4.78 is 5.60. The fourth-order valence-corrected chi connectivity index (χ4v) is 2.80. The predicted molar refractivity (Wildman–Crippen MR) is 86.4 cm³/mol. The van der Waals surface area contributed by atoms with Crippen LogP contribution in [0.2, 0.25) is 5.02 Å². The van der Waals surface area contributed by atoms with Crippen molar-refractivity contribution in [2.45, 2.75) is 32.2 Å². The molecule has 22 heavy (non-hydrogen) atoms. The van der Waals surface area contributed by atoms with Crippen LogP contribution in [0.4, 0.5) is 4.79 Å². The number of rotatable bonds is 6. The van der Waals surface area contributed by atoms with Gasteiger partial charge < -0.3 is 20.1 Å². The summed E-state index contributed by atoms with van der Waals surface area (Å²) in [5.41, 5.74) is 0.909. The molecule has 0 spiro atoms. The highest BCUT2D eigenvalue weighted by atomic mass is 35.5. The molecule has 0 bridgehead atoms. The van der Waals surface area contributed by atoms with Gasteiger partial charge in [0.2, 0.25) is 0 Å². The molecule has 1 heterocycles. The molecule has 6 heteroatoms. The van der Waals surface area contributed by atoms with E-state index in [9.17, 15) is 4.79 Å². The average molecular weight is 327 g/mol. The van der Waals surface area contributed by atoms with Crippen molar-refractivity contribution >= 4 is 17.6 Å². The Morgan fingerprint density at radius 1 is 1.50 bits per heavy atom. The fraction of sp³-hybridized carbons (Fsp3) is 0.562. The van der Waals surface area contributed by atoms with Crippen molar-refractivity contribution in [2.75, 3.05) is 26.3 Å². The first-order valence-corrected chi connectivity index (χ1v) is 8.12. The Morgan fingerprint density at radius 3 is 3.05 bits per heavy atom. The zero-order valence-electron chi connectivity index (χ0n) is 12.8. The van der Waals surface area contributed by atoms with Crippen molar-refractivity contribution in [1.29, 1.82) is 0 Å². The maximum absolute atomic E-state index is 12.4. The summed E-state index contributed by atoms with van der Waals surface area (Å²) in [6.07, 6.45) is 2.63. The number of unbranched alkanes of at least 4 members (excludes halogenated alkanes) is 1. The van der Waals surface area contributed by atoms with E-state index < -0.39 is 0 Å². The molecule has 0 saturated carbocycles. The third-order valence-electron chi connectivity index (χ3n) is 3.76. The van der Waals surface area contributed by atoms with Crippen molar-refractivity contribution in [2.24, 2.45) is 0 Å². The minimum atomic E-state index is -0.152. The van der Waals surface area contributed by atoms with Crippen LogP contribution in [-0.2, 0) is 0 Å². The molecule has 1 atom stereocenters. The number of carbonyl (C=O) groups is 1. The average Bonchev–Trinajstić information content (AvgIpc) is 2.52. The van der Waals surface area contributed by atoms with Crippen molar-refractivity contribution in [1.82, 2.24) is 10.2 Å². The molecule has 0 saturated heterocycles. The molecule has 1 aliphatic heterocycles. The first-order chi connectivity index (χ1) is 10.7. The summed E-state index contributed by atoms with van der Waals surface area (Å²) in [7, 11) is 0. The van der Waals surface area contributed by atoms with Crippen molar-refractivity contribution in [3.63, 3.8) is 0 Å². The molecular formula is C16H23ClN2O3. The topological polar surface area (TPSA) is 61.8 Å². The number of nitrogens with one attached hydrogen (secondary N) is 1. The number of urea groups is 1. The van der Waals surface area contributed by atoms with Crippen LogP contribution < -0.4 is 10.1 Å². The molecule has 1 unspecified atom stereocenters. The lowest BCUT2D eigenvalue weighted by atomic mass is 10.0. The maximum atomic E-state index is 12.4. The van der Waals surface area contributed by atoms with Crippen LogP contribution in [-0.4, -0.2) is 42.3 Å². The molecular weight excluding hydrogens is 304 g/mol. The van der Waals surface area contributed by atoms with Crippen molar-refractivity contribution in [3.05, 3.63) is 28.8 Å². The van der Waals surface area contributed by atoms with Crippen LogP contribution in [0, 0.1) is 0 Å². The number of para-hydroxylation sites is 1. The van der Waals surface area contributed by atoms with Gasteiger partial charge in [0.1, 0.15) is 5.75 Å². The number of nitrogens with zero attached hydrogens (tertiary/aromatic N) is 1. The van der Waals surface area contributed by atoms with E-state index >= 15 is 0 Å². The molecule has 122 valence electrons.